The zero-order chi connectivity index (χ0) is 13.9. The first-order valence-corrected chi connectivity index (χ1v) is 7.40. The highest BCUT2D eigenvalue weighted by molar-refractivity contribution is 7.99. The molecule has 0 atom stereocenters. The van der Waals surface area contributed by atoms with Gasteiger partial charge in [0.15, 0.2) is 0 Å². The van der Waals surface area contributed by atoms with Gasteiger partial charge in [-0.3, -0.25) is 0 Å². The van der Waals surface area contributed by atoms with Gasteiger partial charge < -0.3 is 13.9 Å². The van der Waals surface area contributed by atoms with Crippen LogP contribution in [0.1, 0.15) is 19.3 Å². The summed E-state index contributed by atoms with van der Waals surface area (Å²) in [6.07, 6.45) is 3.76. The third kappa shape index (κ3) is 2.75. The van der Waals surface area contributed by atoms with E-state index in [0.717, 1.165) is 5.56 Å². The predicted octanol–water partition coefficient (Wildman–Crippen LogP) is 3.40. The van der Waals surface area contributed by atoms with Gasteiger partial charge in [-0.05, 0) is 25.0 Å². The van der Waals surface area contributed by atoms with Crippen LogP contribution in [0.25, 0.3) is 11.5 Å². The van der Waals surface area contributed by atoms with Crippen molar-refractivity contribution in [1.29, 1.82) is 0 Å². The number of hydrogen-bond acceptors (Lipinski definition) is 6. The van der Waals surface area contributed by atoms with E-state index < -0.39 is 0 Å². The van der Waals surface area contributed by atoms with Crippen LogP contribution in [-0.2, 0) is 0 Å². The van der Waals surface area contributed by atoms with E-state index >= 15 is 0 Å². The number of hydrogen-bond donors (Lipinski definition) is 0. The summed E-state index contributed by atoms with van der Waals surface area (Å²) in [5.74, 6) is 1.89. The fraction of sp³-hybridized carbons (Fsp3) is 0.429. The van der Waals surface area contributed by atoms with E-state index in [1.54, 1.807) is 26.0 Å². The molecule has 1 aliphatic rings. The first-order valence-electron chi connectivity index (χ1n) is 6.52. The van der Waals surface area contributed by atoms with Crippen LogP contribution in [0.4, 0.5) is 0 Å². The molecular weight excluding hydrogens is 276 g/mol. The summed E-state index contributed by atoms with van der Waals surface area (Å²) < 4.78 is 16.2. The number of benzene rings is 1. The second-order valence-electron chi connectivity index (χ2n) is 4.65. The van der Waals surface area contributed by atoms with Crippen LogP contribution in [0.2, 0.25) is 0 Å². The van der Waals surface area contributed by atoms with E-state index in [9.17, 15) is 0 Å². The predicted molar refractivity (Wildman–Crippen MR) is 76.3 cm³/mol. The summed E-state index contributed by atoms with van der Waals surface area (Å²) >= 11 is 1.66. The number of nitrogens with zero attached hydrogens (tertiary/aromatic N) is 2. The third-order valence-corrected chi connectivity index (χ3v) is 4.50. The standard InChI is InChI=1S/C14H16N2O3S/c1-17-10-6-9(7-11(8-10)18-2)13-15-16-14(19-13)20-12-4-3-5-12/h6-8,12H,3-5H2,1-2H3. The van der Waals surface area contributed by atoms with Gasteiger partial charge in [-0.1, -0.05) is 18.2 Å². The fourth-order valence-corrected chi connectivity index (χ4v) is 3.01. The molecule has 106 valence electrons. The van der Waals surface area contributed by atoms with Crippen molar-refractivity contribution in [3.63, 3.8) is 0 Å². The van der Waals surface area contributed by atoms with E-state index in [-0.39, 0.29) is 0 Å². The van der Waals surface area contributed by atoms with E-state index in [4.69, 9.17) is 13.9 Å². The average Bonchev–Trinajstić information content (AvgIpc) is 2.91. The molecule has 0 spiro atoms. The molecule has 1 heterocycles. The summed E-state index contributed by atoms with van der Waals surface area (Å²) in [4.78, 5) is 0. The van der Waals surface area contributed by atoms with Crippen molar-refractivity contribution in [1.82, 2.24) is 10.2 Å². The molecule has 5 nitrogen and oxygen atoms in total. The van der Waals surface area contributed by atoms with Crippen molar-refractivity contribution < 1.29 is 13.9 Å². The van der Waals surface area contributed by atoms with Crippen LogP contribution in [0.5, 0.6) is 11.5 Å². The molecule has 0 aliphatic heterocycles. The second kappa shape index (κ2) is 5.75. The van der Waals surface area contributed by atoms with Gasteiger partial charge in [-0.15, -0.1) is 10.2 Å². The van der Waals surface area contributed by atoms with Crippen LogP contribution < -0.4 is 9.47 Å². The highest BCUT2D eigenvalue weighted by Crippen LogP contribution is 2.37. The van der Waals surface area contributed by atoms with E-state index in [1.807, 2.05) is 18.2 Å². The molecule has 1 aromatic carbocycles. The molecule has 0 N–H and O–H groups in total. The average molecular weight is 292 g/mol. The fourth-order valence-electron chi connectivity index (χ4n) is 1.94. The Labute approximate surface area is 121 Å². The summed E-state index contributed by atoms with van der Waals surface area (Å²) in [5, 5.41) is 9.45. The van der Waals surface area contributed by atoms with Crippen LogP contribution >= 0.6 is 11.8 Å². The van der Waals surface area contributed by atoms with Gasteiger partial charge in [0.25, 0.3) is 5.22 Å². The molecule has 3 rings (SSSR count). The molecule has 6 heteroatoms. The Morgan fingerprint density at radius 2 is 1.80 bits per heavy atom. The smallest absolute Gasteiger partial charge is 0.277 e. The van der Waals surface area contributed by atoms with Crippen LogP contribution in [0.15, 0.2) is 27.8 Å². The summed E-state index contributed by atoms with van der Waals surface area (Å²) in [7, 11) is 3.23. The molecule has 0 radical (unpaired) electrons. The van der Waals surface area contributed by atoms with Crippen LogP contribution in [0, 0.1) is 0 Å². The molecule has 1 saturated carbocycles. The van der Waals surface area contributed by atoms with Crippen molar-refractivity contribution in [3.8, 4) is 23.0 Å². The van der Waals surface area contributed by atoms with Crippen molar-refractivity contribution in [2.45, 2.75) is 29.7 Å². The molecule has 0 saturated heterocycles. The third-order valence-electron chi connectivity index (χ3n) is 3.32. The SMILES string of the molecule is COc1cc(OC)cc(-c2nnc(SC3CCC3)o2)c1. The Morgan fingerprint density at radius 3 is 2.35 bits per heavy atom. The Hall–Kier alpha value is -1.69. The lowest BCUT2D eigenvalue weighted by Gasteiger charge is -2.22. The van der Waals surface area contributed by atoms with Gasteiger partial charge in [-0.25, -0.2) is 0 Å². The van der Waals surface area contributed by atoms with Gasteiger partial charge in [0.2, 0.25) is 5.89 Å². The maximum Gasteiger partial charge on any atom is 0.277 e. The molecule has 20 heavy (non-hydrogen) atoms. The van der Waals surface area contributed by atoms with Crippen molar-refractivity contribution >= 4 is 11.8 Å². The van der Waals surface area contributed by atoms with Crippen molar-refractivity contribution in [3.05, 3.63) is 18.2 Å². The molecular formula is C14H16N2O3S. The Bertz CT molecular complexity index is 574. The van der Waals surface area contributed by atoms with Gasteiger partial charge in [0.05, 0.1) is 14.2 Å². The number of thioether (sulfide) groups is 1. The maximum absolute atomic E-state index is 5.70. The second-order valence-corrected chi connectivity index (χ2v) is 5.90. The zero-order valence-electron chi connectivity index (χ0n) is 11.5. The number of rotatable bonds is 5. The quantitative estimate of drug-likeness (QED) is 0.842. The molecule has 0 unspecified atom stereocenters. The van der Waals surface area contributed by atoms with Crippen molar-refractivity contribution in [2.75, 3.05) is 14.2 Å². The highest BCUT2D eigenvalue weighted by atomic mass is 32.2. The maximum atomic E-state index is 5.70. The molecule has 1 aliphatic carbocycles. The molecule has 1 aromatic heterocycles. The lowest BCUT2D eigenvalue weighted by Crippen LogP contribution is -2.12. The van der Waals surface area contributed by atoms with Crippen LogP contribution in [-0.4, -0.2) is 29.7 Å². The minimum Gasteiger partial charge on any atom is -0.497 e. The van der Waals surface area contributed by atoms with Crippen molar-refractivity contribution in [2.24, 2.45) is 0 Å². The first kappa shape index (κ1) is 13.3. The minimum absolute atomic E-state index is 0.490. The number of methoxy groups -OCH3 is 2. The number of aromatic nitrogens is 2. The molecule has 0 bridgehead atoms. The minimum atomic E-state index is 0.490. The zero-order valence-corrected chi connectivity index (χ0v) is 12.3. The Morgan fingerprint density at radius 1 is 1.10 bits per heavy atom. The molecule has 1 fully saturated rings. The highest BCUT2D eigenvalue weighted by Gasteiger charge is 2.22. The number of ether oxygens (including phenoxy) is 2. The summed E-state index contributed by atoms with van der Waals surface area (Å²) in [6.45, 7) is 0. The lowest BCUT2D eigenvalue weighted by molar-refractivity contribution is 0.394. The van der Waals surface area contributed by atoms with Gasteiger partial charge >= 0.3 is 0 Å². The van der Waals surface area contributed by atoms with Gasteiger partial charge in [0, 0.05) is 16.9 Å². The molecule has 0 amide bonds. The van der Waals surface area contributed by atoms with Crippen LogP contribution in [0.3, 0.4) is 0 Å². The monoisotopic (exact) mass is 292 g/mol. The molecule has 2 aromatic rings. The van der Waals surface area contributed by atoms with E-state index in [1.165, 1.54) is 19.3 Å². The largest absolute Gasteiger partial charge is 0.497 e. The topological polar surface area (TPSA) is 57.4 Å². The van der Waals surface area contributed by atoms with E-state index in [2.05, 4.69) is 10.2 Å². The van der Waals surface area contributed by atoms with Gasteiger partial charge in [0.1, 0.15) is 11.5 Å². The normalized spacial score (nSPS) is 14.9. The Balaban J connectivity index is 1.84. The first-order chi connectivity index (χ1) is 9.78. The summed E-state index contributed by atoms with van der Waals surface area (Å²) in [5.41, 5.74) is 0.800. The summed E-state index contributed by atoms with van der Waals surface area (Å²) in [6, 6.07) is 5.52. The Kier molecular flexibility index (Phi) is 3.82. The van der Waals surface area contributed by atoms with Gasteiger partial charge in [-0.2, -0.15) is 0 Å². The lowest BCUT2D eigenvalue weighted by atomic mass is 10.0. The van der Waals surface area contributed by atoms with E-state index in [0.29, 0.717) is 27.9 Å².